The van der Waals surface area contributed by atoms with E-state index in [0.717, 1.165) is 6.42 Å². The normalized spacial score (nSPS) is 27.2. The van der Waals surface area contributed by atoms with E-state index in [2.05, 4.69) is 17.5 Å². The Labute approximate surface area is 82.8 Å². The molecular formula is C8H14N2O2S. The number of thiocarbonyl (C=S) groups is 1. The highest BCUT2D eigenvalue weighted by molar-refractivity contribution is 7.80. The maximum atomic E-state index is 11.5. The Kier molecular flexibility index (Phi) is 3.62. The van der Waals surface area contributed by atoms with Crippen LogP contribution in [0, 0.1) is 5.92 Å². The zero-order valence-electron chi connectivity index (χ0n) is 7.58. The van der Waals surface area contributed by atoms with Crippen LogP contribution in [0.15, 0.2) is 0 Å². The molecule has 0 aromatic heterocycles. The molecular weight excluding hydrogens is 188 g/mol. The molecule has 0 bridgehead atoms. The highest BCUT2D eigenvalue weighted by Crippen LogP contribution is 2.19. The molecule has 1 heterocycles. The molecule has 13 heavy (non-hydrogen) atoms. The molecule has 0 aromatic carbocycles. The van der Waals surface area contributed by atoms with Crippen molar-refractivity contribution in [2.24, 2.45) is 11.7 Å². The zero-order valence-corrected chi connectivity index (χ0v) is 8.39. The fraction of sp³-hybridized carbons (Fsp3) is 0.750. The van der Waals surface area contributed by atoms with Gasteiger partial charge in [-0.15, -0.1) is 0 Å². The third kappa shape index (κ3) is 2.93. The Hall–Kier alpha value is -0.680. The van der Waals surface area contributed by atoms with Gasteiger partial charge in [0.1, 0.15) is 0 Å². The first kappa shape index (κ1) is 10.4. The number of carbonyl (C=O) groups excluding carboxylic acids is 1. The molecule has 1 saturated heterocycles. The fourth-order valence-corrected chi connectivity index (χ4v) is 1.45. The van der Waals surface area contributed by atoms with Crippen molar-refractivity contribution in [1.82, 2.24) is 5.32 Å². The van der Waals surface area contributed by atoms with Crippen LogP contribution in [-0.4, -0.2) is 30.2 Å². The van der Waals surface area contributed by atoms with E-state index in [4.69, 9.17) is 10.5 Å². The summed E-state index contributed by atoms with van der Waals surface area (Å²) < 4.78 is 5.27. The van der Waals surface area contributed by atoms with Gasteiger partial charge in [-0.25, -0.2) is 0 Å². The summed E-state index contributed by atoms with van der Waals surface area (Å²) in [6.07, 6.45) is 0.788. The largest absolute Gasteiger partial charge is 0.392 e. The van der Waals surface area contributed by atoms with E-state index in [1.54, 1.807) is 0 Å². The van der Waals surface area contributed by atoms with Crippen LogP contribution in [0.2, 0.25) is 0 Å². The molecule has 3 N–H and O–H groups in total. The maximum absolute atomic E-state index is 11.5. The van der Waals surface area contributed by atoms with Crippen molar-refractivity contribution in [2.75, 3.05) is 13.2 Å². The molecule has 5 heteroatoms. The molecule has 1 aliphatic rings. The van der Waals surface area contributed by atoms with Gasteiger partial charge in [-0.1, -0.05) is 12.2 Å². The number of nitrogens with two attached hydrogens (primary N) is 1. The number of ether oxygens (including phenoxy) is 1. The average molecular weight is 202 g/mol. The van der Waals surface area contributed by atoms with Crippen molar-refractivity contribution in [1.29, 1.82) is 0 Å². The molecule has 0 radical (unpaired) electrons. The first-order valence-corrected chi connectivity index (χ1v) is 4.69. The summed E-state index contributed by atoms with van der Waals surface area (Å²) in [5.74, 6) is -0.0628. The lowest BCUT2D eigenvalue weighted by Crippen LogP contribution is -2.38. The quantitative estimate of drug-likeness (QED) is 0.623. The lowest BCUT2D eigenvalue weighted by atomic mass is 10.0. The Balaban J connectivity index is 2.34. The molecule has 0 spiro atoms. The molecule has 1 aliphatic heterocycles. The molecule has 2 unspecified atom stereocenters. The molecule has 4 nitrogen and oxygen atoms in total. The summed E-state index contributed by atoms with van der Waals surface area (Å²) in [5.41, 5.74) is 5.26. The van der Waals surface area contributed by atoms with Crippen LogP contribution in [0.1, 0.15) is 13.3 Å². The molecule has 74 valence electrons. The second-order valence-electron chi connectivity index (χ2n) is 3.16. The van der Waals surface area contributed by atoms with Crippen molar-refractivity contribution in [3.8, 4) is 0 Å². The Morgan fingerprint density at radius 1 is 1.77 bits per heavy atom. The number of amides is 1. The SMILES string of the molecule is CC1OCCC1C(=O)NCC(N)=S. The van der Waals surface area contributed by atoms with Gasteiger partial charge in [0.15, 0.2) is 0 Å². The standard InChI is InChI=1S/C8H14N2O2S/c1-5-6(2-3-12-5)8(11)10-4-7(9)13/h5-6H,2-4H2,1H3,(H2,9,13)(H,10,11). The molecule has 2 atom stereocenters. The van der Waals surface area contributed by atoms with Crippen LogP contribution in [0.4, 0.5) is 0 Å². The Bertz CT molecular complexity index is 220. The second-order valence-corrected chi connectivity index (χ2v) is 3.68. The Morgan fingerprint density at radius 2 is 2.46 bits per heavy atom. The van der Waals surface area contributed by atoms with Gasteiger partial charge in [-0.3, -0.25) is 4.79 Å². The van der Waals surface area contributed by atoms with E-state index >= 15 is 0 Å². The molecule has 0 aliphatic carbocycles. The van der Waals surface area contributed by atoms with Crippen molar-refractivity contribution in [3.05, 3.63) is 0 Å². The second kappa shape index (κ2) is 4.53. The van der Waals surface area contributed by atoms with Gasteiger partial charge in [0.05, 0.1) is 23.6 Å². The van der Waals surface area contributed by atoms with Crippen LogP contribution < -0.4 is 11.1 Å². The fourth-order valence-electron chi connectivity index (χ4n) is 1.38. The average Bonchev–Trinajstić information content (AvgIpc) is 2.47. The minimum Gasteiger partial charge on any atom is -0.392 e. The number of rotatable bonds is 3. The van der Waals surface area contributed by atoms with Crippen LogP contribution in [0.25, 0.3) is 0 Å². The van der Waals surface area contributed by atoms with E-state index in [9.17, 15) is 4.79 Å². The van der Waals surface area contributed by atoms with Gasteiger partial charge in [-0.2, -0.15) is 0 Å². The van der Waals surface area contributed by atoms with Gasteiger partial charge < -0.3 is 15.8 Å². The third-order valence-electron chi connectivity index (χ3n) is 2.15. The van der Waals surface area contributed by atoms with Gasteiger partial charge in [-0.05, 0) is 13.3 Å². The lowest BCUT2D eigenvalue weighted by molar-refractivity contribution is -0.126. The van der Waals surface area contributed by atoms with E-state index in [1.165, 1.54) is 0 Å². The zero-order chi connectivity index (χ0) is 9.84. The number of hydrogen-bond donors (Lipinski definition) is 2. The highest BCUT2D eigenvalue weighted by Gasteiger charge is 2.30. The minimum absolute atomic E-state index is 0.00588. The minimum atomic E-state index is -0.0469. The van der Waals surface area contributed by atoms with Crippen LogP contribution in [0.3, 0.4) is 0 Å². The van der Waals surface area contributed by atoms with E-state index in [1.807, 2.05) is 6.92 Å². The van der Waals surface area contributed by atoms with Gasteiger partial charge >= 0.3 is 0 Å². The number of hydrogen-bond acceptors (Lipinski definition) is 3. The van der Waals surface area contributed by atoms with Crippen molar-refractivity contribution < 1.29 is 9.53 Å². The summed E-state index contributed by atoms with van der Waals surface area (Å²) in [7, 11) is 0. The highest BCUT2D eigenvalue weighted by atomic mass is 32.1. The summed E-state index contributed by atoms with van der Waals surface area (Å²) in [6.45, 7) is 2.84. The van der Waals surface area contributed by atoms with Crippen molar-refractivity contribution in [3.63, 3.8) is 0 Å². The molecule has 0 aromatic rings. The van der Waals surface area contributed by atoms with Crippen LogP contribution in [0.5, 0.6) is 0 Å². The predicted octanol–water partition coefficient (Wildman–Crippen LogP) is -0.186. The monoisotopic (exact) mass is 202 g/mol. The summed E-state index contributed by atoms with van der Waals surface area (Å²) >= 11 is 4.65. The lowest BCUT2D eigenvalue weighted by Gasteiger charge is -2.13. The summed E-state index contributed by atoms with van der Waals surface area (Å²) in [6, 6.07) is 0. The van der Waals surface area contributed by atoms with E-state index in [0.29, 0.717) is 11.6 Å². The molecule has 0 saturated carbocycles. The number of nitrogens with one attached hydrogen (secondary N) is 1. The van der Waals surface area contributed by atoms with E-state index < -0.39 is 0 Å². The molecule has 1 fully saturated rings. The molecule has 1 rings (SSSR count). The first-order valence-electron chi connectivity index (χ1n) is 4.29. The third-order valence-corrected chi connectivity index (χ3v) is 2.29. The van der Waals surface area contributed by atoms with E-state index in [-0.39, 0.29) is 24.5 Å². The van der Waals surface area contributed by atoms with Crippen molar-refractivity contribution >= 4 is 23.1 Å². The number of carbonyl (C=O) groups is 1. The molecule has 1 amide bonds. The van der Waals surface area contributed by atoms with Crippen LogP contribution >= 0.6 is 12.2 Å². The first-order chi connectivity index (χ1) is 6.11. The topological polar surface area (TPSA) is 64.3 Å². The Morgan fingerprint density at radius 3 is 2.92 bits per heavy atom. The van der Waals surface area contributed by atoms with Gasteiger partial charge in [0.25, 0.3) is 0 Å². The predicted molar refractivity (Wildman–Crippen MR) is 53.3 cm³/mol. The van der Waals surface area contributed by atoms with Gasteiger partial charge in [0.2, 0.25) is 5.91 Å². The van der Waals surface area contributed by atoms with Crippen LogP contribution in [-0.2, 0) is 9.53 Å². The van der Waals surface area contributed by atoms with Crippen molar-refractivity contribution in [2.45, 2.75) is 19.4 Å². The summed E-state index contributed by atoms with van der Waals surface area (Å²) in [5, 5.41) is 2.67. The van der Waals surface area contributed by atoms with Gasteiger partial charge in [0, 0.05) is 6.61 Å². The smallest absolute Gasteiger partial charge is 0.226 e. The maximum Gasteiger partial charge on any atom is 0.226 e. The summed E-state index contributed by atoms with van der Waals surface area (Å²) in [4.78, 5) is 11.8.